The first-order valence-corrected chi connectivity index (χ1v) is 12.3. The van der Waals surface area contributed by atoms with E-state index in [1.165, 1.54) is 11.3 Å². The standard InChI is InChI=1S/C22H20N4O4S2/c1-15-19(11-23-21(27)20-12-31-14-24-20)25-22(30-15)17-7-9-18(10-8-17)26-32(28,29)13-16-5-3-2-4-6-16/h2-10,12,14,26H,11,13H2,1H3,(H,23,27). The van der Waals surface area contributed by atoms with Crippen LogP contribution in [0.4, 0.5) is 5.69 Å². The molecule has 10 heteroatoms. The van der Waals surface area contributed by atoms with Crippen LogP contribution in [0, 0.1) is 6.92 Å². The fraction of sp³-hybridized carbons (Fsp3) is 0.136. The van der Waals surface area contributed by atoms with E-state index in [0.29, 0.717) is 39.9 Å². The lowest BCUT2D eigenvalue weighted by molar-refractivity contribution is 0.0946. The maximum atomic E-state index is 12.4. The Morgan fingerprint density at radius 1 is 1.09 bits per heavy atom. The van der Waals surface area contributed by atoms with E-state index in [-0.39, 0.29) is 18.2 Å². The number of hydrogen-bond acceptors (Lipinski definition) is 7. The number of thiazole rings is 1. The number of benzene rings is 2. The second-order valence-corrected chi connectivity index (χ2v) is 9.44. The normalized spacial score (nSPS) is 11.3. The molecule has 4 aromatic rings. The molecular weight excluding hydrogens is 448 g/mol. The van der Waals surface area contributed by atoms with Crippen molar-refractivity contribution in [3.63, 3.8) is 0 Å². The molecule has 0 aliphatic carbocycles. The summed E-state index contributed by atoms with van der Waals surface area (Å²) in [5.41, 5.74) is 4.42. The van der Waals surface area contributed by atoms with Gasteiger partial charge in [0, 0.05) is 16.6 Å². The number of carbonyl (C=O) groups is 1. The molecular formula is C22H20N4O4S2. The van der Waals surface area contributed by atoms with Crippen LogP contribution in [-0.2, 0) is 22.3 Å². The zero-order chi connectivity index (χ0) is 22.6. The van der Waals surface area contributed by atoms with Crippen LogP contribution in [0.5, 0.6) is 0 Å². The predicted octanol–water partition coefficient (Wildman–Crippen LogP) is 3.98. The smallest absolute Gasteiger partial charge is 0.271 e. The molecule has 1 amide bonds. The average Bonchev–Trinajstić information content (AvgIpc) is 3.43. The van der Waals surface area contributed by atoms with Crippen molar-refractivity contribution >= 4 is 33.0 Å². The summed E-state index contributed by atoms with van der Waals surface area (Å²) in [6.45, 7) is 1.98. The van der Waals surface area contributed by atoms with Gasteiger partial charge in [0.1, 0.15) is 17.1 Å². The summed E-state index contributed by atoms with van der Waals surface area (Å²) >= 11 is 1.35. The topological polar surface area (TPSA) is 114 Å². The number of oxazole rings is 1. The highest BCUT2D eigenvalue weighted by Gasteiger charge is 2.15. The van der Waals surface area contributed by atoms with Crippen LogP contribution in [0.25, 0.3) is 11.5 Å². The Bertz CT molecular complexity index is 1300. The van der Waals surface area contributed by atoms with E-state index in [1.54, 1.807) is 66.3 Å². The first kappa shape index (κ1) is 21.7. The summed E-state index contributed by atoms with van der Waals surface area (Å²) < 4.78 is 33.1. The molecule has 0 saturated carbocycles. The molecule has 8 nitrogen and oxygen atoms in total. The Kier molecular flexibility index (Phi) is 6.33. The molecule has 2 heterocycles. The monoisotopic (exact) mass is 468 g/mol. The highest BCUT2D eigenvalue weighted by molar-refractivity contribution is 7.91. The molecule has 0 fully saturated rings. The van der Waals surface area contributed by atoms with Gasteiger partial charge >= 0.3 is 0 Å². The van der Waals surface area contributed by atoms with Crippen LogP contribution in [0.2, 0.25) is 0 Å². The average molecular weight is 469 g/mol. The largest absolute Gasteiger partial charge is 0.441 e. The van der Waals surface area contributed by atoms with E-state index in [4.69, 9.17) is 4.42 Å². The minimum absolute atomic E-state index is 0.107. The third-order valence-corrected chi connectivity index (χ3v) is 6.43. The Hall–Kier alpha value is -3.50. The van der Waals surface area contributed by atoms with Crippen molar-refractivity contribution in [1.29, 1.82) is 0 Å². The van der Waals surface area contributed by atoms with E-state index in [0.717, 1.165) is 0 Å². The quantitative estimate of drug-likeness (QED) is 0.404. The molecule has 0 atom stereocenters. The zero-order valence-corrected chi connectivity index (χ0v) is 18.7. The van der Waals surface area contributed by atoms with E-state index >= 15 is 0 Å². The third-order valence-electron chi connectivity index (χ3n) is 4.58. The molecule has 0 spiro atoms. The number of aromatic nitrogens is 2. The molecule has 2 aromatic heterocycles. The number of hydrogen-bond donors (Lipinski definition) is 2. The van der Waals surface area contributed by atoms with Gasteiger partial charge in [0.25, 0.3) is 5.91 Å². The van der Waals surface area contributed by atoms with Gasteiger partial charge in [0.05, 0.1) is 17.8 Å². The number of anilines is 1. The lowest BCUT2D eigenvalue weighted by Gasteiger charge is -2.08. The van der Waals surface area contributed by atoms with Crippen molar-refractivity contribution in [1.82, 2.24) is 15.3 Å². The summed E-state index contributed by atoms with van der Waals surface area (Å²) in [5.74, 6) is 0.595. The van der Waals surface area contributed by atoms with Gasteiger partial charge in [-0.1, -0.05) is 30.3 Å². The fourth-order valence-electron chi connectivity index (χ4n) is 2.98. The second kappa shape index (κ2) is 9.33. The van der Waals surface area contributed by atoms with Crippen molar-refractivity contribution in [3.05, 3.63) is 88.2 Å². The van der Waals surface area contributed by atoms with Gasteiger partial charge in [-0.15, -0.1) is 11.3 Å². The van der Waals surface area contributed by atoms with Crippen molar-refractivity contribution in [2.24, 2.45) is 0 Å². The van der Waals surface area contributed by atoms with Crippen LogP contribution in [-0.4, -0.2) is 24.3 Å². The molecule has 0 radical (unpaired) electrons. The molecule has 2 N–H and O–H groups in total. The van der Waals surface area contributed by atoms with Crippen LogP contribution in [0.3, 0.4) is 0 Å². The Morgan fingerprint density at radius 2 is 1.84 bits per heavy atom. The Balaban J connectivity index is 1.40. The summed E-state index contributed by atoms with van der Waals surface area (Å²) in [6.07, 6.45) is 0. The number of amides is 1. The minimum Gasteiger partial charge on any atom is -0.441 e. The molecule has 0 aliphatic rings. The molecule has 2 aromatic carbocycles. The van der Waals surface area contributed by atoms with Crippen LogP contribution in [0.15, 0.2) is 69.9 Å². The maximum absolute atomic E-state index is 12.4. The fourth-order valence-corrected chi connectivity index (χ4v) is 4.72. The highest BCUT2D eigenvalue weighted by atomic mass is 32.2. The molecule has 164 valence electrons. The predicted molar refractivity (Wildman–Crippen MR) is 123 cm³/mol. The summed E-state index contributed by atoms with van der Waals surface area (Å²) in [5, 5.41) is 4.44. The van der Waals surface area contributed by atoms with Gasteiger partial charge in [-0.25, -0.2) is 18.4 Å². The van der Waals surface area contributed by atoms with Crippen molar-refractivity contribution < 1.29 is 17.6 Å². The van der Waals surface area contributed by atoms with Crippen molar-refractivity contribution in [2.75, 3.05) is 4.72 Å². The second-order valence-electron chi connectivity index (χ2n) is 7.00. The van der Waals surface area contributed by atoms with Crippen molar-refractivity contribution in [2.45, 2.75) is 19.2 Å². The zero-order valence-electron chi connectivity index (χ0n) is 17.1. The van der Waals surface area contributed by atoms with Gasteiger partial charge < -0.3 is 9.73 Å². The van der Waals surface area contributed by atoms with Gasteiger partial charge in [0.15, 0.2) is 0 Å². The van der Waals surface area contributed by atoms with Gasteiger partial charge in [-0.2, -0.15) is 0 Å². The highest BCUT2D eigenvalue weighted by Crippen LogP contribution is 2.24. The molecule has 4 rings (SSSR count). The number of rotatable bonds is 8. The SMILES string of the molecule is Cc1oc(-c2ccc(NS(=O)(=O)Cc3ccccc3)cc2)nc1CNC(=O)c1cscn1. The molecule has 0 aliphatic heterocycles. The molecule has 0 saturated heterocycles. The first-order valence-electron chi connectivity index (χ1n) is 9.67. The number of carbonyl (C=O) groups excluding carboxylic acids is 1. The van der Waals surface area contributed by atoms with Crippen LogP contribution >= 0.6 is 11.3 Å². The molecule has 32 heavy (non-hydrogen) atoms. The Labute approximate surface area is 189 Å². The van der Waals surface area contributed by atoms with Gasteiger partial charge in [-0.05, 0) is 36.8 Å². The van der Waals surface area contributed by atoms with Crippen LogP contribution in [0.1, 0.15) is 27.5 Å². The lowest BCUT2D eigenvalue weighted by atomic mass is 10.2. The number of nitrogens with one attached hydrogen (secondary N) is 2. The van der Waals surface area contributed by atoms with E-state index in [2.05, 4.69) is 20.0 Å². The summed E-state index contributed by atoms with van der Waals surface area (Å²) in [7, 11) is -3.54. The number of nitrogens with zero attached hydrogens (tertiary/aromatic N) is 2. The van der Waals surface area contributed by atoms with E-state index < -0.39 is 10.0 Å². The van der Waals surface area contributed by atoms with Gasteiger partial charge in [-0.3, -0.25) is 9.52 Å². The third kappa shape index (κ3) is 5.40. The Morgan fingerprint density at radius 3 is 2.53 bits per heavy atom. The van der Waals surface area contributed by atoms with Gasteiger partial charge in [0.2, 0.25) is 15.9 Å². The number of aryl methyl sites for hydroxylation is 1. The summed E-state index contributed by atoms with van der Waals surface area (Å²) in [4.78, 5) is 20.5. The maximum Gasteiger partial charge on any atom is 0.271 e. The minimum atomic E-state index is -3.54. The van der Waals surface area contributed by atoms with Crippen molar-refractivity contribution in [3.8, 4) is 11.5 Å². The molecule has 0 bridgehead atoms. The first-order chi connectivity index (χ1) is 15.4. The number of sulfonamides is 1. The molecule has 0 unspecified atom stereocenters. The van der Waals surface area contributed by atoms with Crippen LogP contribution < -0.4 is 10.0 Å². The van der Waals surface area contributed by atoms with E-state index in [1.807, 2.05) is 6.07 Å². The van der Waals surface area contributed by atoms with E-state index in [9.17, 15) is 13.2 Å². The lowest BCUT2D eigenvalue weighted by Crippen LogP contribution is -2.23. The summed E-state index contributed by atoms with van der Waals surface area (Å²) in [6, 6.07) is 15.7.